The molecule has 7 nitrogen and oxygen atoms in total. The molecule has 0 aliphatic carbocycles. The number of aryl methyl sites for hydroxylation is 1. The zero-order chi connectivity index (χ0) is 12.4. The fraction of sp³-hybridized carbons (Fsp3) is 0.300. The van der Waals surface area contributed by atoms with Crippen molar-refractivity contribution in [2.45, 2.75) is 13.3 Å². The lowest BCUT2D eigenvalue weighted by molar-refractivity contribution is -0.139. The molecule has 0 saturated heterocycles. The predicted molar refractivity (Wildman–Crippen MR) is 56.5 cm³/mol. The van der Waals surface area contributed by atoms with E-state index in [1.807, 2.05) is 0 Å². The first-order valence-corrected chi connectivity index (χ1v) is 4.90. The fourth-order valence-corrected chi connectivity index (χ4v) is 1.45. The average Bonchev–Trinajstić information content (AvgIpc) is 2.78. The second kappa shape index (κ2) is 4.28. The molecule has 2 aromatic rings. The first-order chi connectivity index (χ1) is 8.13. The summed E-state index contributed by atoms with van der Waals surface area (Å²) in [6.45, 7) is 1.69. The Hall–Kier alpha value is -2.31. The number of ether oxygens (including phenoxy) is 1. The number of Topliss-reactive ketones (excluding diaryl/α,β-unsaturated/α-hetero) is 1. The number of fused-ring (bicyclic) bond motifs is 1. The van der Waals surface area contributed by atoms with E-state index in [1.54, 1.807) is 19.2 Å². The molecular weight excluding hydrogens is 224 g/mol. The summed E-state index contributed by atoms with van der Waals surface area (Å²) in [5.41, 5.74) is 1.23. The van der Waals surface area contributed by atoms with Crippen LogP contribution < -0.4 is 0 Å². The van der Waals surface area contributed by atoms with Crippen molar-refractivity contribution in [1.82, 2.24) is 19.8 Å². The van der Waals surface area contributed by atoms with Crippen LogP contribution in [-0.2, 0) is 9.53 Å². The van der Waals surface area contributed by atoms with Crippen molar-refractivity contribution in [3.05, 3.63) is 23.7 Å². The number of aromatic nitrogens is 4. The minimum atomic E-state index is -0.600. The zero-order valence-corrected chi connectivity index (χ0v) is 9.38. The van der Waals surface area contributed by atoms with E-state index in [9.17, 15) is 9.59 Å². The van der Waals surface area contributed by atoms with Crippen molar-refractivity contribution in [2.24, 2.45) is 0 Å². The maximum atomic E-state index is 11.8. The van der Waals surface area contributed by atoms with Gasteiger partial charge in [-0.1, -0.05) is 0 Å². The summed E-state index contributed by atoms with van der Waals surface area (Å²) in [5, 5.41) is 11.6. The molecule has 0 bridgehead atoms. The van der Waals surface area contributed by atoms with Crippen molar-refractivity contribution in [3.63, 3.8) is 0 Å². The van der Waals surface area contributed by atoms with Crippen molar-refractivity contribution in [3.8, 4) is 0 Å². The monoisotopic (exact) mass is 234 g/mol. The van der Waals surface area contributed by atoms with Gasteiger partial charge in [-0.25, -0.2) is 4.52 Å². The lowest BCUT2D eigenvalue weighted by Crippen LogP contribution is -2.15. The van der Waals surface area contributed by atoms with Crippen LogP contribution in [0.4, 0.5) is 0 Å². The van der Waals surface area contributed by atoms with Crippen molar-refractivity contribution in [1.29, 1.82) is 0 Å². The van der Waals surface area contributed by atoms with E-state index < -0.39 is 11.8 Å². The molecule has 2 aromatic heterocycles. The molecule has 0 aliphatic rings. The molecule has 17 heavy (non-hydrogen) atoms. The van der Waals surface area contributed by atoms with Gasteiger partial charge in [0.15, 0.2) is 17.1 Å². The molecular formula is C10H10N4O3. The summed E-state index contributed by atoms with van der Waals surface area (Å²) in [6.07, 6.45) is 1.21. The molecule has 0 radical (unpaired) electrons. The molecule has 2 rings (SSSR count). The van der Waals surface area contributed by atoms with E-state index in [2.05, 4.69) is 20.0 Å². The number of nitrogens with zero attached hydrogens (tertiary/aromatic N) is 4. The highest BCUT2D eigenvalue weighted by Gasteiger charge is 2.18. The fourth-order valence-electron chi connectivity index (χ4n) is 1.45. The molecule has 0 aliphatic heterocycles. The van der Waals surface area contributed by atoms with Crippen LogP contribution in [-0.4, -0.2) is 38.7 Å². The molecule has 0 fully saturated rings. The molecule has 0 amide bonds. The highest BCUT2D eigenvalue weighted by atomic mass is 16.5. The molecule has 0 aromatic carbocycles. The minimum Gasteiger partial charge on any atom is -0.469 e. The predicted octanol–water partition coefficient (Wildman–Crippen LogP) is 0.179. The molecule has 88 valence electrons. The van der Waals surface area contributed by atoms with Crippen molar-refractivity contribution >= 4 is 17.4 Å². The third-order valence-electron chi connectivity index (χ3n) is 2.33. The Labute approximate surface area is 96.4 Å². The molecule has 0 unspecified atom stereocenters. The molecule has 2 heterocycles. The number of carbonyl (C=O) groups excluding carboxylic acids is 2. The number of methoxy groups -OCH3 is 1. The number of ketones is 1. The van der Waals surface area contributed by atoms with Crippen LogP contribution in [0.15, 0.2) is 12.3 Å². The Bertz CT molecular complexity index is 590. The van der Waals surface area contributed by atoms with Gasteiger partial charge in [-0.2, -0.15) is 5.10 Å². The molecule has 0 saturated carbocycles. The van der Waals surface area contributed by atoms with Gasteiger partial charge in [0.25, 0.3) is 0 Å². The quantitative estimate of drug-likeness (QED) is 0.427. The van der Waals surface area contributed by atoms with Crippen LogP contribution in [0.3, 0.4) is 0 Å². The van der Waals surface area contributed by atoms with E-state index in [0.29, 0.717) is 11.3 Å². The first-order valence-electron chi connectivity index (χ1n) is 4.90. The van der Waals surface area contributed by atoms with Crippen molar-refractivity contribution < 1.29 is 14.3 Å². The maximum absolute atomic E-state index is 11.8. The van der Waals surface area contributed by atoms with Gasteiger partial charge >= 0.3 is 5.97 Å². The summed E-state index contributed by atoms with van der Waals surface area (Å²) in [5.74, 6) is -1.03. The summed E-state index contributed by atoms with van der Waals surface area (Å²) in [4.78, 5) is 22.8. The molecule has 0 N–H and O–H groups in total. The lowest BCUT2D eigenvalue weighted by atomic mass is 10.2. The van der Waals surface area contributed by atoms with Gasteiger partial charge in [-0.15, -0.1) is 10.2 Å². The first kappa shape index (κ1) is 11.2. The molecule has 0 spiro atoms. The van der Waals surface area contributed by atoms with Gasteiger partial charge in [0.1, 0.15) is 6.42 Å². The normalized spacial score (nSPS) is 10.5. The van der Waals surface area contributed by atoms with Gasteiger partial charge in [0.2, 0.25) is 0 Å². The zero-order valence-electron chi connectivity index (χ0n) is 9.38. The molecule has 7 heteroatoms. The standard InChI is InChI=1S/C10H10N4O3/c1-6-10(7(15)5-9(16)17-2)13-12-8-3-4-11-14(6)8/h3-4H,5H2,1-2H3. The highest BCUT2D eigenvalue weighted by Crippen LogP contribution is 2.08. The summed E-state index contributed by atoms with van der Waals surface area (Å²) >= 11 is 0. The highest BCUT2D eigenvalue weighted by molar-refractivity contribution is 6.05. The third-order valence-corrected chi connectivity index (χ3v) is 2.33. The summed E-state index contributed by atoms with van der Waals surface area (Å²) in [7, 11) is 1.23. The van der Waals surface area contributed by atoms with E-state index in [0.717, 1.165) is 0 Å². The summed E-state index contributed by atoms with van der Waals surface area (Å²) < 4.78 is 5.92. The van der Waals surface area contributed by atoms with Crippen LogP contribution >= 0.6 is 0 Å². The van der Waals surface area contributed by atoms with Crippen molar-refractivity contribution in [2.75, 3.05) is 7.11 Å². The van der Waals surface area contributed by atoms with Gasteiger partial charge < -0.3 is 4.74 Å². The minimum absolute atomic E-state index is 0.131. The topological polar surface area (TPSA) is 86.5 Å². The van der Waals surface area contributed by atoms with Gasteiger partial charge in [0.05, 0.1) is 19.0 Å². The SMILES string of the molecule is COC(=O)CC(=O)c1nnc2ccnn2c1C. The smallest absolute Gasteiger partial charge is 0.313 e. The van der Waals surface area contributed by atoms with Gasteiger partial charge in [0, 0.05) is 6.07 Å². The van der Waals surface area contributed by atoms with Crippen LogP contribution in [0.1, 0.15) is 22.6 Å². The van der Waals surface area contributed by atoms with Crippen LogP contribution in [0.2, 0.25) is 0 Å². The second-order valence-electron chi connectivity index (χ2n) is 3.41. The number of hydrogen-bond donors (Lipinski definition) is 0. The third kappa shape index (κ3) is 1.99. The Morgan fingerprint density at radius 1 is 1.41 bits per heavy atom. The largest absolute Gasteiger partial charge is 0.469 e. The van der Waals surface area contributed by atoms with E-state index >= 15 is 0 Å². The molecule has 0 atom stereocenters. The Morgan fingerprint density at radius 2 is 2.18 bits per heavy atom. The van der Waals surface area contributed by atoms with Gasteiger partial charge in [-0.05, 0) is 6.92 Å². The average molecular weight is 234 g/mol. The maximum Gasteiger partial charge on any atom is 0.313 e. The second-order valence-corrected chi connectivity index (χ2v) is 3.41. The number of esters is 1. The number of hydrogen-bond acceptors (Lipinski definition) is 6. The van der Waals surface area contributed by atoms with Crippen LogP contribution in [0.25, 0.3) is 5.65 Å². The Balaban J connectivity index is 2.38. The number of carbonyl (C=O) groups is 2. The summed E-state index contributed by atoms with van der Waals surface area (Å²) in [6, 6.07) is 1.68. The van der Waals surface area contributed by atoms with Gasteiger partial charge in [-0.3, -0.25) is 9.59 Å². The Morgan fingerprint density at radius 3 is 2.88 bits per heavy atom. The Kier molecular flexibility index (Phi) is 2.82. The van der Waals surface area contributed by atoms with Crippen LogP contribution in [0, 0.1) is 6.92 Å². The van der Waals surface area contributed by atoms with E-state index in [1.165, 1.54) is 11.6 Å². The lowest BCUT2D eigenvalue weighted by Gasteiger charge is -2.04. The van der Waals surface area contributed by atoms with Crippen LogP contribution in [0.5, 0.6) is 0 Å². The number of rotatable bonds is 3. The van der Waals surface area contributed by atoms with E-state index in [4.69, 9.17) is 0 Å². The van der Waals surface area contributed by atoms with E-state index in [-0.39, 0.29) is 12.1 Å².